The van der Waals surface area contributed by atoms with Crippen molar-refractivity contribution in [2.75, 3.05) is 19.8 Å². The molecule has 126 heavy (non-hydrogen) atoms. The smallest absolute Gasteiger partial charge is 0.870 e. The third-order valence-electron chi connectivity index (χ3n) is 15.6. The number of carboxylic acids is 1. The summed E-state index contributed by atoms with van der Waals surface area (Å²) in [6.07, 6.45) is 9.43. The van der Waals surface area contributed by atoms with E-state index in [1.54, 1.807) is 127 Å². The Balaban J connectivity index is 0.000000717. The van der Waals surface area contributed by atoms with Crippen molar-refractivity contribution in [3.63, 3.8) is 0 Å². The molecule has 51 heteroatoms. The van der Waals surface area contributed by atoms with Crippen molar-refractivity contribution in [3.8, 4) is 117 Å². The molecule has 0 radical (unpaired) electrons. The fourth-order valence-corrected chi connectivity index (χ4v) is 127. The molecule has 4 aromatic heterocycles. The Bertz CT molecular complexity index is 4990. The number of aromatic carboxylic acids is 1. The second-order valence-electron chi connectivity index (χ2n) is 24.9. The van der Waals surface area contributed by atoms with Gasteiger partial charge in [0, 0.05) is 85.8 Å². The Morgan fingerprint density at radius 2 is 0.857 bits per heavy atom. The Labute approximate surface area is 816 Å². The van der Waals surface area contributed by atoms with E-state index in [9.17, 15) is 33.9 Å². The van der Waals surface area contributed by atoms with Crippen molar-refractivity contribution in [1.29, 1.82) is 0 Å². The minimum atomic E-state index is -1.41. The van der Waals surface area contributed by atoms with Gasteiger partial charge in [0.25, 0.3) is 0 Å². The molecule has 1 saturated heterocycles. The number of esters is 3. The zero-order chi connectivity index (χ0) is 93.0. The predicted molar refractivity (Wildman–Crippen MR) is 564 cm³/mol. The van der Waals surface area contributed by atoms with E-state index in [1.807, 2.05) is 39.8 Å². The summed E-state index contributed by atoms with van der Waals surface area (Å²) >= 11 is 23.5. The molecule has 4 N–H and O–H groups in total. The number of aromatic nitrogens is 8. The number of terminal acetylenes is 1. The van der Waals surface area contributed by atoms with E-state index >= 15 is 0 Å². The second-order valence-corrected chi connectivity index (χ2v) is 92.4. The van der Waals surface area contributed by atoms with Crippen LogP contribution in [0.1, 0.15) is 150 Å². The van der Waals surface area contributed by atoms with Gasteiger partial charge in [0.1, 0.15) is 4.47 Å². The van der Waals surface area contributed by atoms with Crippen molar-refractivity contribution in [3.05, 3.63) is 121 Å². The molecule has 5 aliphatic rings. The zero-order valence-corrected chi connectivity index (χ0v) is 95.1. The van der Waals surface area contributed by atoms with E-state index in [4.69, 9.17) is 84.4 Å². The summed E-state index contributed by atoms with van der Waals surface area (Å²) in [5, 5.41) is 45.2. The van der Waals surface area contributed by atoms with Crippen molar-refractivity contribution < 1.29 is 101 Å². The Morgan fingerprint density at radius 1 is 0.516 bits per heavy atom. The summed E-state index contributed by atoms with van der Waals surface area (Å²) in [5.74, 6) is 27.3. The van der Waals surface area contributed by atoms with E-state index in [0.717, 1.165) is 60.4 Å². The van der Waals surface area contributed by atoms with Gasteiger partial charge in [0.2, 0.25) is 35.3 Å². The van der Waals surface area contributed by atoms with Crippen LogP contribution in [0.25, 0.3) is 22.3 Å². The number of fused-ring (bicyclic) bond motifs is 4. The number of carbonyl (C=O) groups is 6. The number of imide groups is 1. The van der Waals surface area contributed by atoms with Gasteiger partial charge in [-0.3, -0.25) is 9.59 Å². The number of hydrogen-bond donors (Lipinski definition) is 3. The summed E-state index contributed by atoms with van der Waals surface area (Å²) < 4.78 is 46.0. The number of ether oxygens (including phenoxy) is 7. The maximum atomic E-state index is 12.2. The first-order chi connectivity index (χ1) is 58.7. The molecule has 0 saturated carbocycles. The quantitative estimate of drug-likeness (QED) is 0.0163. The Kier molecular flexibility index (Phi) is 64.6. The van der Waals surface area contributed by atoms with Gasteiger partial charge in [0.15, 0.2) is 22.8 Å². The molecule has 1 fully saturated rings. The van der Waals surface area contributed by atoms with Crippen LogP contribution in [0.15, 0.2) is 83.3 Å². The number of halogens is 5. The van der Waals surface area contributed by atoms with Gasteiger partial charge in [0.05, 0.1) is 71.5 Å². The molecular weight excluding hydrogens is 2140 g/mol. The van der Waals surface area contributed by atoms with Gasteiger partial charge < -0.3 is 53.8 Å². The van der Waals surface area contributed by atoms with Crippen molar-refractivity contribution in [2.24, 2.45) is 0 Å². The standard InChI is InChI=1S/C16H17ClN2O3.C14H13ClN2O3.C10H13BrN2O3.C10H14N2O3.C8H6.C7H4.C6H6BClO2.C4H4BrNO2.Li.H2O.H12P10.H10P8/c1-3-21-16(20)14-13(11-4-6-12(17)7-5-11)15-19(18-14)9-8-10(2)22-15;1-8-6-7-17-13(20-8)11(12(16-17)14(18)19)9-2-4-10(15)5-3-9;1-3-15-10(14)8-7(11)9-13(12-8)5-4-6(2)16-9;1-3-14-10(13)8-6-9-12(11-8)5-4-7(2)15-9;1-3-5-7-8-6-4-2;1-3-5-7-6-4-2;8-6-3-1-5(2-4-6)7(9)10;5-6-3(7)1-2-4(6)8;;;1-7(2)10(8(3)4)9(5)6;1-6(2)8(5)7(3)4/h4-7,10H,3,8-9H2,1-2H3;2-5,8H,6-7H2,1H3,(H,18,19);6H,3-5H2,1-2H3;6-7H,3-5H2,1-2H3;1-2H3;1H,2H3;1-4,9-10H;1-2H2;;1H2;1-6H2;1-5H2/q;;;;;;;;+1;;;/p-1. The molecule has 5 aliphatic heterocycles. The van der Waals surface area contributed by atoms with E-state index in [-0.39, 0.29) is 127 Å². The van der Waals surface area contributed by atoms with E-state index in [1.165, 1.54) is 0 Å². The number of benzene rings is 3. The molecule has 676 valence electrons. The first-order valence-corrected chi connectivity index (χ1v) is 70.3. The molecule has 26 nitrogen and oxygen atoms in total. The van der Waals surface area contributed by atoms with Gasteiger partial charge in [-0.25, -0.2) is 41.8 Å². The molecule has 12 rings (SSSR count). The average molecular weight is 2240 g/mol. The molecule has 0 spiro atoms. The van der Waals surface area contributed by atoms with Crippen LogP contribution in [0.2, 0.25) is 15.1 Å². The predicted octanol–water partition coefficient (Wildman–Crippen LogP) is 18.4. The van der Waals surface area contributed by atoms with Gasteiger partial charge in [-0.2, -0.15) is 20.4 Å². The van der Waals surface area contributed by atoms with Gasteiger partial charge in [-0.15, -0.1) is 105 Å². The van der Waals surface area contributed by atoms with Gasteiger partial charge >= 0.3 is 49.9 Å². The number of carboxylic acid groups (broad SMARTS) is 1. The second kappa shape index (κ2) is 66.6. The SMILES string of the molecule is C#CC#CC#CC.CC#CC#CC#CC.CC1CCn2nc(C(=O)O)c(-c3ccc(Cl)cc3)c2O1.CCOC(=O)c1cc2n(n1)CCC(C)O2.CCOC(=O)c1nn2c(c1-c1ccc(Cl)cc1)OC(C)CC2.CCOC(=O)c1nn2c(c1Br)OC(C)CC2.O=C1CCC(=O)N1Br.OB(O)c1ccc(Cl)cc1.PP(P)P(P(P)P)P(P)P.PP(P)P(P)P(P)P.[Li+].[OH-]. The minimum Gasteiger partial charge on any atom is -0.870 e. The Hall–Kier alpha value is -1.81. The number of hydrogen-bond acceptors (Lipinski definition) is 20. The van der Waals surface area contributed by atoms with Crippen LogP contribution in [0.4, 0.5) is 0 Å². The van der Waals surface area contributed by atoms with Crippen molar-refractivity contribution >= 4 is 262 Å². The third-order valence-corrected chi connectivity index (χ3v) is 105. The number of amides is 2. The fraction of sp³-hybridized carbons (Fsp3) is 0.360. The van der Waals surface area contributed by atoms with Crippen molar-refractivity contribution in [1.82, 2.24) is 43.0 Å². The topological polar surface area (TPSA) is 332 Å². The van der Waals surface area contributed by atoms with E-state index < -0.39 is 31.0 Å². The normalized spacial score (nSPS) is 14.6. The molecular formula is C75H100BBr2Cl3LiN9O17P18. The zero-order valence-electron chi connectivity index (χ0n) is 70.7. The summed E-state index contributed by atoms with van der Waals surface area (Å²) in [7, 11) is 30.7. The molecule has 15 unspecified atom stereocenters. The largest absolute Gasteiger partial charge is 1.00 e. The first-order valence-electron chi connectivity index (χ1n) is 36.9. The van der Waals surface area contributed by atoms with E-state index in [0.29, 0.717) is 105 Å². The third kappa shape index (κ3) is 43.5. The maximum absolute atomic E-state index is 12.2. The monoisotopic (exact) mass is 2240 g/mol. The summed E-state index contributed by atoms with van der Waals surface area (Å²) in [6, 6.07) is 22.2. The fourth-order valence-electron chi connectivity index (χ4n) is 9.87. The number of aryl methyl sites for hydroxylation is 4. The first kappa shape index (κ1) is 122. The summed E-state index contributed by atoms with van der Waals surface area (Å²) in [6.45, 7) is 23.5. The number of carbonyl (C=O) groups excluding carboxylic acids is 5. The van der Waals surface area contributed by atoms with Crippen LogP contribution in [0.5, 0.6) is 23.5 Å². The molecule has 2 amide bonds. The van der Waals surface area contributed by atoms with Crippen LogP contribution in [0.3, 0.4) is 0 Å². The van der Waals surface area contributed by atoms with E-state index in [2.05, 4.69) is 216 Å². The summed E-state index contributed by atoms with van der Waals surface area (Å²) in [5.41, 5.74) is 4.10. The molecule has 15 atom stereocenters. The molecule has 0 aliphatic carbocycles. The molecule has 0 bridgehead atoms. The summed E-state index contributed by atoms with van der Waals surface area (Å²) in [4.78, 5) is 67.5. The maximum Gasteiger partial charge on any atom is 1.00 e. The van der Waals surface area contributed by atoms with Crippen LogP contribution in [0, 0.1) is 71.5 Å². The molecule has 9 heterocycles. The number of nitrogens with zero attached hydrogens (tertiary/aromatic N) is 9. The minimum absolute atomic E-state index is 0. The van der Waals surface area contributed by atoms with Crippen LogP contribution in [-0.4, -0.2) is 151 Å². The molecule has 7 aromatic rings. The molecule has 3 aromatic carbocycles. The van der Waals surface area contributed by atoms with Crippen LogP contribution in [-0.2, 0) is 50.0 Å². The van der Waals surface area contributed by atoms with Crippen LogP contribution >= 0.6 is 214 Å². The van der Waals surface area contributed by atoms with Crippen molar-refractivity contribution in [2.45, 2.75) is 158 Å². The number of rotatable bonds is 15. The average Bonchev–Trinajstić information content (AvgIpc) is 1.63. The Morgan fingerprint density at radius 3 is 1.20 bits per heavy atom. The van der Waals surface area contributed by atoms with Crippen LogP contribution < -0.4 is 43.3 Å². The van der Waals surface area contributed by atoms with Gasteiger partial charge in [-0.05, 0) is 234 Å². The van der Waals surface area contributed by atoms with Gasteiger partial charge in [-0.1, -0.05) is 89.0 Å².